The van der Waals surface area contributed by atoms with Gasteiger partial charge in [-0.25, -0.2) is 4.68 Å². The van der Waals surface area contributed by atoms with Crippen LogP contribution in [0.5, 0.6) is 0 Å². The molecule has 0 aliphatic heterocycles. The molecule has 1 aromatic carbocycles. The van der Waals surface area contributed by atoms with Gasteiger partial charge in [0.25, 0.3) is 5.91 Å². The Kier molecular flexibility index (Phi) is 5.03. The minimum Gasteiger partial charge on any atom is -0.364 e. The monoisotopic (exact) mass is 337 g/mol. The number of nitrogens with zero attached hydrogens (tertiary/aromatic N) is 5. The average Bonchev–Trinajstić information content (AvgIpc) is 3.33. The smallest absolute Gasteiger partial charge is 0.276 e. The van der Waals surface area contributed by atoms with E-state index in [2.05, 4.69) is 15.5 Å². The van der Waals surface area contributed by atoms with Crippen LogP contribution in [0.25, 0.3) is 6.08 Å². The molecule has 2 aromatic heterocycles. The van der Waals surface area contributed by atoms with Gasteiger partial charge in [-0.05, 0) is 12.5 Å². The molecule has 25 heavy (non-hydrogen) atoms. The second kappa shape index (κ2) is 7.57. The SMILES string of the molecule is C[C@@H](c1ccon1)N(C)C(=O)c1cn(C/C=C/c2ccccc2)nn1. The zero-order chi connectivity index (χ0) is 17.6. The molecule has 0 bridgehead atoms. The third-order valence-electron chi connectivity index (χ3n) is 3.95. The summed E-state index contributed by atoms with van der Waals surface area (Å²) in [5.74, 6) is -0.214. The van der Waals surface area contributed by atoms with Crippen molar-refractivity contribution in [3.63, 3.8) is 0 Å². The minimum atomic E-state index is -0.214. The van der Waals surface area contributed by atoms with Gasteiger partial charge in [-0.3, -0.25) is 4.79 Å². The number of benzene rings is 1. The first kappa shape index (κ1) is 16.6. The van der Waals surface area contributed by atoms with E-state index in [9.17, 15) is 4.79 Å². The zero-order valence-electron chi connectivity index (χ0n) is 14.1. The van der Waals surface area contributed by atoms with Gasteiger partial charge < -0.3 is 9.42 Å². The molecular weight excluding hydrogens is 318 g/mol. The molecule has 0 N–H and O–H groups in total. The fraction of sp³-hybridized carbons (Fsp3) is 0.222. The molecule has 3 rings (SSSR count). The number of hydrogen-bond acceptors (Lipinski definition) is 5. The minimum absolute atomic E-state index is 0.214. The summed E-state index contributed by atoms with van der Waals surface area (Å²) in [5.41, 5.74) is 2.10. The number of amides is 1. The first-order valence-corrected chi connectivity index (χ1v) is 7.94. The predicted molar refractivity (Wildman–Crippen MR) is 92.5 cm³/mol. The molecule has 0 saturated carbocycles. The fourth-order valence-corrected chi connectivity index (χ4v) is 2.34. The van der Waals surface area contributed by atoms with E-state index in [0.717, 1.165) is 5.56 Å². The maximum absolute atomic E-state index is 12.5. The second-order valence-electron chi connectivity index (χ2n) is 5.66. The summed E-state index contributed by atoms with van der Waals surface area (Å²) < 4.78 is 6.45. The van der Waals surface area contributed by atoms with Crippen LogP contribution >= 0.6 is 0 Å². The summed E-state index contributed by atoms with van der Waals surface area (Å²) in [4.78, 5) is 14.1. The van der Waals surface area contributed by atoms with Crippen LogP contribution in [0.3, 0.4) is 0 Å². The van der Waals surface area contributed by atoms with Crippen LogP contribution in [0.15, 0.2) is 59.5 Å². The van der Waals surface area contributed by atoms with Crippen LogP contribution in [0, 0.1) is 0 Å². The molecule has 0 fully saturated rings. The lowest BCUT2D eigenvalue weighted by Gasteiger charge is -2.21. The highest BCUT2D eigenvalue weighted by Gasteiger charge is 2.22. The Bertz CT molecular complexity index is 840. The van der Waals surface area contributed by atoms with Crippen LogP contribution in [0.4, 0.5) is 0 Å². The molecule has 7 nitrogen and oxygen atoms in total. The number of carbonyl (C=O) groups is 1. The quantitative estimate of drug-likeness (QED) is 0.691. The summed E-state index contributed by atoms with van der Waals surface area (Å²) in [6, 6.07) is 11.5. The van der Waals surface area contributed by atoms with Crippen molar-refractivity contribution in [3.05, 3.63) is 71.9 Å². The van der Waals surface area contributed by atoms with E-state index in [1.807, 2.05) is 49.4 Å². The fourth-order valence-electron chi connectivity index (χ4n) is 2.34. The molecule has 1 amide bonds. The van der Waals surface area contributed by atoms with Crippen molar-refractivity contribution < 1.29 is 9.32 Å². The van der Waals surface area contributed by atoms with E-state index < -0.39 is 0 Å². The van der Waals surface area contributed by atoms with Crippen molar-refractivity contribution in [2.45, 2.75) is 19.5 Å². The first-order valence-electron chi connectivity index (χ1n) is 7.94. The van der Waals surface area contributed by atoms with Gasteiger partial charge in [0.15, 0.2) is 5.69 Å². The Hall–Kier alpha value is -3.22. The molecule has 1 atom stereocenters. The summed E-state index contributed by atoms with van der Waals surface area (Å²) >= 11 is 0. The summed E-state index contributed by atoms with van der Waals surface area (Å²) in [6.45, 7) is 2.42. The van der Waals surface area contributed by atoms with Crippen LogP contribution in [-0.2, 0) is 6.54 Å². The Labute approximate surface area is 145 Å². The molecule has 0 spiro atoms. The number of allylic oxidation sites excluding steroid dienone is 1. The average molecular weight is 337 g/mol. The van der Waals surface area contributed by atoms with Gasteiger partial charge in [-0.2, -0.15) is 0 Å². The number of carbonyl (C=O) groups excluding carboxylic acids is 1. The highest BCUT2D eigenvalue weighted by Crippen LogP contribution is 2.18. The van der Waals surface area contributed by atoms with Crippen molar-refractivity contribution in [1.82, 2.24) is 25.1 Å². The lowest BCUT2D eigenvalue weighted by Crippen LogP contribution is -2.30. The van der Waals surface area contributed by atoms with Gasteiger partial charge in [0.2, 0.25) is 0 Å². The lowest BCUT2D eigenvalue weighted by atomic mass is 10.2. The number of aromatic nitrogens is 4. The molecule has 0 aliphatic rings. The second-order valence-corrected chi connectivity index (χ2v) is 5.66. The third kappa shape index (κ3) is 4.00. The Morgan fingerprint density at radius 2 is 2.12 bits per heavy atom. The van der Waals surface area contributed by atoms with Crippen molar-refractivity contribution in [2.75, 3.05) is 7.05 Å². The summed E-state index contributed by atoms with van der Waals surface area (Å²) in [6.07, 6.45) is 7.10. The van der Waals surface area contributed by atoms with Gasteiger partial charge in [0.1, 0.15) is 12.0 Å². The standard InChI is InChI=1S/C18H19N5O2/c1-14(16-10-12-25-20-16)22(2)18(24)17-13-23(21-19-17)11-6-9-15-7-4-3-5-8-15/h3-10,12-14H,11H2,1-2H3/b9-6+/t14-/m0/s1. The van der Waals surface area contributed by atoms with Gasteiger partial charge in [-0.1, -0.05) is 52.9 Å². The number of rotatable bonds is 6. The van der Waals surface area contributed by atoms with Crippen molar-refractivity contribution >= 4 is 12.0 Å². The van der Waals surface area contributed by atoms with E-state index in [4.69, 9.17) is 4.52 Å². The third-order valence-corrected chi connectivity index (χ3v) is 3.95. The van der Waals surface area contributed by atoms with E-state index in [0.29, 0.717) is 17.9 Å². The molecule has 2 heterocycles. The predicted octanol–water partition coefficient (Wildman–Crippen LogP) is 2.81. The maximum atomic E-state index is 12.5. The lowest BCUT2D eigenvalue weighted by molar-refractivity contribution is 0.0731. The van der Waals surface area contributed by atoms with Crippen LogP contribution < -0.4 is 0 Å². The number of hydrogen-bond donors (Lipinski definition) is 0. The van der Waals surface area contributed by atoms with Crippen LogP contribution in [0.2, 0.25) is 0 Å². The Balaban J connectivity index is 1.62. The van der Waals surface area contributed by atoms with Gasteiger partial charge >= 0.3 is 0 Å². The molecule has 7 heteroatoms. The van der Waals surface area contributed by atoms with E-state index in [1.54, 1.807) is 28.9 Å². The molecule has 0 radical (unpaired) electrons. The van der Waals surface area contributed by atoms with Gasteiger partial charge in [0.05, 0.1) is 18.8 Å². The van der Waals surface area contributed by atoms with Crippen LogP contribution in [-0.4, -0.2) is 38.0 Å². The molecular formula is C18H19N5O2. The summed E-state index contributed by atoms with van der Waals surface area (Å²) in [5, 5.41) is 11.8. The highest BCUT2D eigenvalue weighted by atomic mass is 16.5. The molecule has 128 valence electrons. The first-order chi connectivity index (χ1) is 12.1. The topological polar surface area (TPSA) is 77.0 Å². The highest BCUT2D eigenvalue weighted by molar-refractivity contribution is 5.92. The molecule has 0 unspecified atom stereocenters. The molecule has 0 saturated heterocycles. The molecule has 0 aliphatic carbocycles. The van der Waals surface area contributed by atoms with Gasteiger partial charge in [-0.15, -0.1) is 5.10 Å². The Morgan fingerprint density at radius 3 is 2.84 bits per heavy atom. The normalized spacial score (nSPS) is 12.4. The van der Waals surface area contributed by atoms with E-state index >= 15 is 0 Å². The van der Waals surface area contributed by atoms with Crippen molar-refractivity contribution in [2.24, 2.45) is 0 Å². The zero-order valence-corrected chi connectivity index (χ0v) is 14.1. The summed E-state index contributed by atoms with van der Waals surface area (Å²) in [7, 11) is 1.70. The maximum Gasteiger partial charge on any atom is 0.276 e. The van der Waals surface area contributed by atoms with E-state index in [-0.39, 0.29) is 11.9 Å². The Morgan fingerprint density at radius 1 is 1.32 bits per heavy atom. The van der Waals surface area contributed by atoms with E-state index in [1.165, 1.54) is 6.26 Å². The van der Waals surface area contributed by atoms with Crippen LogP contribution in [0.1, 0.15) is 34.7 Å². The molecule has 3 aromatic rings. The van der Waals surface area contributed by atoms with Gasteiger partial charge in [0, 0.05) is 13.1 Å². The largest absolute Gasteiger partial charge is 0.364 e. The van der Waals surface area contributed by atoms with Crippen molar-refractivity contribution in [1.29, 1.82) is 0 Å². The van der Waals surface area contributed by atoms with Crippen molar-refractivity contribution in [3.8, 4) is 0 Å².